The smallest absolute Gasteiger partial charge is 0.426 e. The summed E-state index contributed by atoms with van der Waals surface area (Å²) in [6, 6.07) is 4.45. The summed E-state index contributed by atoms with van der Waals surface area (Å²) < 4.78 is 64.9. The van der Waals surface area contributed by atoms with Gasteiger partial charge < -0.3 is 10.1 Å². The number of hydrogen-bond donors (Lipinski definition) is 1. The van der Waals surface area contributed by atoms with Gasteiger partial charge in [-0.15, -0.1) is 0 Å². The van der Waals surface area contributed by atoms with Gasteiger partial charge in [0.25, 0.3) is 0 Å². The third-order valence-electron chi connectivity index (χ3n) is 2.29. The van der Waals surface area contributed by atoms with Crippen molar-refractivity contribution >= 4 is 5.91 Å². The summed E-state index contributed by atoms with van der Waals surface area (Å²) >= 11 is 0. The first-order chi connectivity index (χ1) is 10.1. The Bertz CT molecular complexity index is 570. The molecule has 0 heterocycles. The van der Waals surface area contributed by atoms with Gasteiger partial charge in [-0.05, 0) is 24.3 Å². The first kappa shape index (κ1) is 17.8. The molecule has 0 fully saturated rings. The zero-order valence-electron chi connectivity index (χ0n) is 11.4. The summed E-state index contributed by atoms with van der Waals surface area (Å²) in [5.41, 5.74) is 0.422. The van der Waals surface area contributed by atoms with Crippen molar-refractivity contribution in [3.05, 3.63) is 29.8 Å². The Balaban J connectivity index is 2.61. The lowest BCUT2D eigenvalue weighted by molar-refractivity contribution is -0.360. The van der Waals surface area contributed by atoms with Crippen molar-refractivity contribution in [2.24, 2.45) is 0 Å². The second-order valence-corrected chi connectivity index (χ2v) is 4.18. The molecular formula is C14H12F5NO2. The molecule has 120 valence electrons. The van der Waals surface area contributed by atoms with Crippen LogP contribution in [-0.4, -0.2) is 24.7 Å². The molecular weight excluding hydrogens is 309 g/mol. The van der Waals surface area contributed by atoms with Gasteiger partial charge in [0.15, 0.2) is 0 Å². The Morgan fingerprint density at radius 3 is 2.27 bits per heavy atom. The maximum absolute atomic E-state index is 12.7. The van der Waals surface area contributed by atoms with E-state index in [1.165, 1.54) is 19.1 Å². The third kappa shape index (κ3) is 5.60. The van der Waals surface area contributed by atoms with Crippen molar-refractivity contribution in [1.29, 1.82) is 0 Å². The van der Waals surface area contributed by atoms with Crippen LogP contribution in [0.3, 0.4) is 0 Å². The zero-order chi connectivity index (χ0) is 16.8. The van der Waals surface area contributed by atoms with Crippen molar-refractivity contribution in [3.8, 4) is 17.6 Å². The monoisotopic (exact) mass is 321 g/mol. The zero-order valence-corrected chi connectivity index (χ0v) is 11.4. The number of amides is 1. The predicted octanol–water partition coefficient (Wildman–Crippen LogP) is 3.10. The van der Waals surface area contributed by atoms with Crippen molar-refractivity contribution in [2.75, 3.05) is 6.54 Å². The highest BCUT2D eigenvalue weighted by atomic mass is 19.4. The molecule has 22 heavy (non-hydrogen) atoms. The molecule has 1 aromatic rings. The first-order valence-electron chi connectivity index (χ1n) is 6.09. The van der Waals surface area contributed by atoms with Crippen LogP contribution in [0.25, 0.3) is 0 Å². The Morgan fingerprint density at radius 1 is 1.18 bits per heavy atom. The lowest BCUT2D eigenvalue weighted by Crippen LogP contribution is -2.41. The Morgan fingerprint density at radius 2 is 1.77 bits per heavy atom. The van der Waals surface area contributed by atoms with Gasteiger partial charge in [0, 0.05) is 25.5 Å². The maximum Gasteiger partial charge on any atom is 0.499 e. The summed E-state index contributed by atoms with van der Waals surface area (Å²) in [6.45, 7) is 1.73. The van der Waals surface area contributed by atoms with Crippen LogP contribution in [0.15, 0.2) is 24.3 Å². The van der Waals surface area contributed by atoms with E-state index >= 15 is 0 Å². The van der Waals surface area contributed by atoms with Crippen molar-refractivity contribution in [2.45, 2.75) is 25.6 Å². The first-order valence-corrected chi connectivity index (χ1v) is 6.09. The fourth-order valence-electron chi connectivity index (χ4n) is 1.28. The summed E-state index contributed by atoms with van der Waals surface area (Å²) in [6.07, 6.45) is -10.7. The number of rotatable bonds is 4. The number of alkyl halides is 5. The molecule has 0 saturated heterocycles. The number of benzene rings is 1. The lowest BCUT2D eigenvalue weighted by Gasteiger charge is -2.20. The molecule has 0 unspecified atom stereocenters. The normalized spacial score (nSPS) is 11.4. The molecule has 0 aliphatic carbocycles. The van der Waals surface area contributed by atoms with Gasteiger partial charge in [-0.25, -0.2) is 0 Å². The Kier molecular flexibility index (Phi) is 5.74. The van der Waals surface area contributed by atoms with Gasteiger partial charge in [-0.1, -0.05) is 11.8 Å². The van der Waals surface area contributed by atoms with Crippen LogP contribution >= 0.6 is 0 Å². The fourth-order valence-corrected chi connectivity index (χ4v) is 1.28. The minimum Gasteiger partial charge on any atom is -0.426 e. The van der Waals surface area contributed by atoms with Crippen LogP contribution in [0, 0.1) is 11.8 Å². The van der Waals surface area contributed by atoms with Gasteiger partial charge in [0.1, 0.15) is 5.75 Å². The SMILES string of the molecule is CC(=O)NCCC#Cc1ccc(OC(F)(F)C(F)(F)F)cc1. The standard InChI is InChI=1S/C14H12F5NO2/c1-10(21)20-9-3-2-4-11-5-7-12(8-6-11)22-14(18,19)13(15,16)17/h5-8H,3,9H2,1H3,(H,20,21). The average molecular weight is 321 g/mol. The van der Waals surface area contributed by atoms with Crippen LogP contribution in [0.5, 0.6) is 5.75 Å². The molecule has 0 aliphatic rings. The third-order valence-corrected chi connectivity index (χ3v) is 2.29. The minimum atomic E-state index is -5.78. The van der Waals surface area contributed by atoms with Crippen LogP contribution in [-0.2, 0) is 4.79 Å². The molecule has 1 rings (SSSR count). The Hall–Kier alpha value is -2.30. The fraction of sp³-hybridized carbons (Fsp3) is 0.357. The largest absolute Gasteiger partial charge is 0.499 e. The highest BCUT2D eigenvalue weighted by Gasteiger charge is 2.61. The van der Waals surface area contributed by atoms with Gasteiger partial charge in [-0.2, -0.15) is 22.0 Å². The number of carbonyl (C=O) groups is 1. The van der Waals surface area contributed by atoms with E-state index < -0.39 is 18.0 Å². The minimum absolute atomic E-state index is 0.186. The van der Waals surface area contributed by atoms with Crippen LogP contribution in [0.1, 0.15) is 18.9 Å². The molecule has 0 radical (unpaired) electrons. The highest BCUT2D eigenvalue weighted by molar-refractivity contribution is 5.72. The molecule has 3 nitrogen and oxygen atoms in total. The average Bonchev–Trinajstić information content (AvgIpc) is 2.38. The topological polar surface area (TPSA) is 38.3 Å². The van der Waals surface area contributed by atoms with E-state index in [9.17, 15) is 26.7 Å². The van der Waals surface area contributed by atoms with Crippen molar-refractivity contribution < 1.29 is 31.5 Å². The van der Waals surface area contributed by atoms with Gasteiger partial charge >= 0.3 is 12.3 Å². The summed E-state index contributed by atoms with van der Waals surface area (Å²) in [5.74, 6) is 4.58. The lowest BCUT2D eigenvalue weighted by atomic mass is 10.2. The maximum atomic E-state index is 12.7. The number of ether oxygens (including phenoxy) is 1. The number of nitrogens with one attached hydrogen (secondary N) is 1. The number of halogens is 5. The van der Waals surface area contributed by atoms with Gasteiger partial charge in [-0.3, -0.25) is 4.79 Å². The van der Waals surface area contributed by atoms with E-state index in [-0.39, 0.29) is 5.91 Å². The summed E-state index contributed by atoms with van der Waals surface area (Å²) in [4.78, 5) is 10.6. The predicted molar refractivity (Wildman–Crippen MR) is 68.3 cm³/mol. The molecule has 1 N–H and O–H groups in total. The summed E-state index contributed by atoms with van der Waals surface area (Å²) in [5, 5.41) is 2.53. The van der Waals surface area contributed by atoms with E-state index in [0.717, 1.165) is 12.1 Å². The second-order valence-electron chi connectivity index (χ2n) is 4.18. The number of carbonyl (C=O) groups excluding carboxylic acids is 1. The molecule has 1 amide bonds. The van der Waals surface area contributed by atoms with E-state index in [2.05, 4.69) is 21.9 Å². The highest BCUT2D eigenvalue weighted by Crippen LogP contribution is 2.37. The van der Waals surface area contributed by atoms with Crippen LogP contribution in [0.4, 0.5) is 22.0 Å². The van der Waals surface area contributed by atoms with E-state index in [1.54, 1.807) is 0 Å². The molecule has 0 bridgehead atoms. The summed E-state index contributed by atoms with van der Waals surface area (Å²) in [7, 11) is 0. The molecule has 0 saturated carbocycles. The van der Waals surface area contributed by atoms with Crippen LogP contribution < -0.4 is 10.1 Å². The second kappa shape index (κ2) is 7.11. The number of hydrogen-bond acceptors (Lipinski definition) is 2. The molecule has 0 aliphatic heterocycles. The van der Waals surface area contributed by atoms with E-state index in [4.69, 9.17) is 0 Å². The quantitative estimate of drug-likeness (QED) is 0.526. The Labute approximate surface area is 123 Å². The molecule has 0 aromatic heterocycles. The van der Waals surface area contributed by atoms with Crippen molar-refractivity contribution in [1.82, 2.24) is 5.32 Å². The van der Waals surface area contributed by atoms with Gasteiger partial charge in [0.2, 0.25) is 5.91 Å². The molecule has 0 atom stereocenters. The molecule has 8 heteroatoms. The van der Waals surface area contributed by atoms with Crippen molar-refractivity contribution in [3.63, 3.8) is 0 Å². The van der Waals surface area contributed by atoms with Crippen LogP contribution in [0.2, 0.25) is 0 Å². The van der Waals surface area contributed by atoms with E-state index in [1.807, 2.05) is 0 Å². The van der Waals surface area contributed by atoms with E-state index in [0.29, 0.717) is 18.5 Å². The molecule has 0 spiro atoms. The van der Waals surface area contributed by atoms with Gasteiger partial charge in [0.05, 0.1) is 0 Å². The molecule has 1 aromatic carbocycles.